The van der Waals surface area contributed by atoms with E-state index in [2.05, 4.69) is 24.3 Å². The first-order valence-corrected chi connectivity index (χ1v) is 10.1. The van der Waals surface area contributed by atoms with E-state index in [4.69, 9.17) is 4.52 Å². The second-order valence-corrected chi connectivity index (χ2v) is 8.81. The number of benzene rings is 1. The van der Waals surface area contributed by atoms with Crippen molar-refractivity contribution in [1.29, 1.82) is 0 Å². The van der Waals surface area contributed by atoms with Crippen molar-refractivity contribution in [2.75, 3.05) is 26.2 Å². The summed E-state index contributed by atoms with van der Waals surface area (Å²) in [4.78, 5) is 9.06. The number of sulfonamides is 1. The number of hydrogen-bond donors (Lipinski definition) is 0. The molecule has 136 valence electrons. The van der Waals surface area contributed by atoms with Gasteiger partial charge in [0, 0.05) is 31.7 Å². The van der Waals surface area contributed by atoms with E-state index in [9.17, 15) is 8.42 Å². The maximum absolute atomic E-state index is 12.3. The van der Waals surface area contributed by atoms with Crippen LogP contribution in [0.2, 0.25) is 0 Å². The zero-order valence-corrected chi connectivity index (χ0v) is 15.2. The normalized spacial score (nSPS) is 26.8. The van der Waals surface area contributed by atoms with Crippen LogP contribution in [-0.4, -0.2) is 60.4 Å². The van der Waals surface area contributed by atoms with Gasteiger partial charge in [-0.3, -0.25) is 4.90 Å². The molecule has 0 amide bonds. The van der Waals surface area contributed by atoms with E-state index in [0.717, 1.165) is 31.7 Å². The van der Waals surface area contributed by atoms with Gasteiger partial charge in [0.2, 0.25) is 5.89 Å². The van der Waals surface area contributed by atoms with Gasteiger partial charge in [-0.15, -0.1) is 4.40 Å². The lowest BCUT2D eigenvalue weighted by Crippen LogP contribution is -2.33. The third-order valence-corrected chi connectivity index (χ3v) is 6.73. The van der Waals surface area contributed by atoms with Gasteiger partial charge in [0.15, 0.2) is 11.7 Å². The summed E-state index contributed by atoms with van der Waals surface area (Å²) < 4.78 is 33.8. The minimum atomic E-state index is -3.56. The average molecular weight is 373 g/mol. The smallest absolute Gasteiger partial charge is 0.285 e. The summed E-state index contributed by atoms with van der Waals surface area (Å²) >= 11 is 0. The molecule has 5 rings (SSSR count). The van der Waals surface area contributed by atoms with Crippen molar-refractivity contribution in [3.63, 3.8) is 0 Å². The van der Waals surface area contributed by atoms with E-state index in [1.54, 1.807) is 12.1 Å². The van der Waals surface area contributed by atoms with Gasteiger partial charge >= 0.3 is 0 Å². The van der Waals surface area contributed by atoms with Crippen molar-refractivity contribution in [2.24, 2.45) is 16.2 Å². The standard InChI is InChI=1S/C17H19N5O3S/c1-11-18-16(25-19-11)10-21-6-12-8-22(9-13(12)7-21)17-14-4-2-3-5-15(14)26(23,24)20-17/h2-5,12-13H,6-10H2,1H3. The molecule has 0 saturated carbocycles. The Morgan fingerprint density at radius 1 is 1.15 bits per heavy atom. The van der Waals surface area contributed by atoms with Gasteiger partial charge in [-0.05, 0) is 30.9 Å². The molecule has 0 aliphatic carbocycles. The number of amidine groups is 1. The average Bonchev–Trinajstić information content (AvgIpc) is 3.32. The molecular formula is C17H19N5O3S. The first-order chi connectivity index (χ1) is 12.5. The molecule has 26 heavy (non-hydrogen) atoms. The molecule has 2 atom stereocenters. The van der Waals surface area contributed by atoms with Crippen molar-refractivity contribution in [2.45, 2.75) is 18.4 Å². The second-order valence-electron chi connectivity index (χ2n) is 7.24. The Balaban J connectivity index is 1.30. The molecule has 2 aromatic rings. The van der Waals surface area contributed by atoms with Crippen LogP contribution >= 0.6 is 0 Å². The highest BCUT2D eigenvalue weighted by Crippen LogP contribution is 2.35. The highest BCUT2D eigenvalue weighted by atomic mass is 32.2. The molecule has 0 radical (unpaired) electrons. The summed E-state index contributed by atoms with van der Waals surface area (Å²) in [6.45, 7) is 6.04. The second kappa shape index (κ2) is 5.62. The summed E-state index contributed by atoms with van der Waals surface area (Å²) in [6, 6.07) is 7.08. The van der Waals surface area contributed by atoms with Gasteiger partial charge in [0.1, 0.15) is 4.90 Å². The van der Waals surface area contributed by atoms with Gasteiger partial charge in [-0.2, -0.15) is 13.4 Å². The van der Waals surface area contributed by atoms with Crippen LogP contribution in [0.25, 0.3) is 0 Å². The van der Waals surface area contributed by atoms with Crippen molar-refractivity contribution >= 4 is 15.9 Å². The van der Waals surface area contributed by atoms with Gasteiger partial charge in [-0.1, -0.05) is 17.3 Å². The summed E-state index contributed by atoms with van der Waals surface area (Å²) in [5, 5.41) is 3.84. The molecule has 9 heteroatoms. The van der Waals surface area contributed by atoms with Crippen molar-refractivity contribution in [3.05, 3.63) is 41.5 Å². The van der Waals surface area contributed by atoms with Crippen LogP contribution in [-0.2, 0) is 16.6 Å². The minimum absolute atomic E-state index is 0.320. The van der Waals surface area contributed by atoms with Crippen LogP contribution in [0.1, 0.15) is 17.3 Å². The summed E-state index contributed by atoms with van der Waals surface area (Å²) in [7, 11) is -3.56. The predicted molar refractivity (Wildman–Crippen MR) is 93.0 cm³/mol. The number of aromatic nitrogens is 2. The predicted octanol–water partition coefficient (Wildman–Crippen LogP) is 0.891. The number of likely N-dealkylation sites (tertiary alicyclic amines) is 2. The van der Waals surface area contributed by atoms with Crippen LogP contribution in [0.3, 0.4) is 0 Å². The maximum atomic E-state index is 12.3. The SMILES string of the molecule is Cc1noc(CN2CC3CN(C4=NS(=O)(=O)c5ccccc54)CC3C2)n1. The largest absolute Gasteiger partial charge is 0.355 e. The Morgan fingerprint density at radius 2 is 1.88 bits per heavy atom. The maximum Gasteiger partial charge on any atom is 0.285 e. The quantitative estimate of drug-likeness (QED) is 0.772. The van der Waals surface area contributed by atoms with Gasteiger partial charge in [0.05, 0.1) is 6.54 Å². The van der Waals surface area contributed by atoms with Gasteiger partial charge in [0.25, 0.3) is 10.0 Å². The molecule has 4 heterocycles. The monoisotopic (exact) mass is 373 g/mol. The Hall–Kier alpha value is -2.26. The lowest BCUT2D eigenvalue weighted by atomic mass is 10.0. The molecule has 3 aliphatic rings. The Labute approximate surface area is 151 Å². The lowest BCUT2D eigenvalue weighted by molar-refractivity contribution is 0.245. The van der Waals surface area contributed by atoms with Crippen LogP contribution in [0, 0.1) is 18.8 Å². The first-order valence-electron chi connectivity index (χ1n) is 8.70. The zero-order valence-electron chi connectivity index (χ0n) is 14.4. The van der Waals surface area contributed by atoms with Gasteiger partial charge in [-0.25, -0.2) is 0 Å². The molecule has 2 saturated heterocycles. The third kappa shape index (κ3) is 2.53. The highest BCUT2D eigenvalue weighted by Gasteiger charge is 2.43. The number of hydrogen-bond acceptors (Lipinski definition) is 7. The number of rotatable bonds is 2. The fraction of sp³-hybridized carbons (Fsp3) is 0.471. The number of fused-ring (bicyclic) bond motifs is 2. The molecule has 2 fully saturated rings. The highest BCUT2D eigenvalue weighted by molar-refractivity contribution is 7.90. The minimum Gasteiger partial charge on any atom is -0.355 e. The molecule has 1 aromatic carbocycles. The first kappa shape index (κ1) is 16.0. The summed E-state index contributed by atoms with van der Waals surface area (Å²) in [5.74, 6) is 2.91. The molecule has 1 aromatic heterocycles. The molecule has 0 N–H and O–H groups in total. The molecule has 2 unspecified atom stereocenters. The molecule has 8 nitrogen and oxygen atoms in total. The Bertz CT molecular complexity index is 985. The van der Waals surface area contributed by atoms with Crippen molar-refractivity contribution < 1.29 is 12.9 Å². The summed E-state index contributed by atoms with van der Waals surface area (Å²) in [5.41, 5.74) is 0.727. The Morgan fingerprint density at radius 3 is 2.58 bits per heavy atom. The molecular weight excluding hydrogens is 354 g/mol. The molecule has 3 aliphatic heterocycles. The van der Waals surface area contributed by atoms with E-state index in [1.165, 1.54) is 0 Å². The topological polar surface area (TPSA) is 91.9 Å². The third-order valence-electron chi connectivity index (χ3n) is 5.40. The van der Waals surface area contributed by atoms with E-state index in [0.29, 0.717) is 40.8 Å². The van der Waals surface area contributed by atoms with E-state index < -0.39 is 10.0 Å². The van der Waals surface area contributed by atoms with Crippen LogP contribution < -0.4 is 0 Å². The van der Waals surface area contributed by atoms with Crippen molar-refractivity contribution in [1.82, 2.24) is 19.9 Å². The fourth-order valence-electron chi connectivity index (χ4n) is 4.30. The summed E-state index contributed by atoms with van der Waals surface area (Å²) in [6.07, 6.45) is 0. The fourth-order valence-corrected chi connectivity index (χ4v) is 5.53. The van der Waals surface area contributed by atoms with E-state index >= 15 is 0 Å². The molecule has 0 spiro atoms. The van der Waals surface area contributed by atoms with Crippen molar-refractivity contribution in [3.8, 4) is 0 Å². The zero-order chi connectivity index (χ0) is 17.9. The number of nitrogens with zero attached hydrogens (tertiary/aromatic N) is 5. The van der Waals surface area contributed by atoms with Crippen LogP contribution in [0.5, 0.6) is 0 Å². The van der Waals surface area contributed by atoms with E-state index in [-0.39, 0.29) is 0 Å². The van der Waals surface area contributed by atoms with Crippen LogP contribution in [0.4, 0.5) is 0 Å². The van der Waals surface area contributed by atoms with E-state index in [1.807, 2.05) is 19.1 Å². The number of aryl methyl sites for hydroxylation is 1. The lowest BCUT2D eigenvalue weighted by Gasteiger charge is -2.22. The van der Waals surface area contributed by atoms with Crippen LogP contribution in [0.15, 0.2) is 38.1 Å². The molecule has 0 bridgehead atoms. The Kier molecular flexibility index (Phi) is 3.45. The van der Waals surface area contributed by atoms with Gasteiger partial charge < -0.3 is 9.42 Å².